The number of hydrogen-bond acceptors (Lipinski definition) is 0. The third-order valence-corrected chi connectivity index (χ3v) is 9.94. The highest BCUT2D eigenvalue weighted by Gasteiger charge is 2.65. The first kappa shape index (κ1) is 19.5. The summed E-state index contributed by atoms with van der Waals surface area (Å²) in [7, 11) is 0. The Morgan fingerprint density at radius 3 is 2.15 bits per heavy atom. The Labute approximate surface area is 206 Å². The van der Waals surface area contributed by atoms with Crippen molar-refractivity contribution in [3.63, 3.8) is 0 Å². The number of hydrogen-bond donors (Lipinski definition) is 0. The first-order chi connectivity index (χ1) is 16.7. The van der Waals surface area contributed by atoms with E-state index >= 15 is 0 Å². The largest absolute Gasteiger partial charge is 0.0843 e. The highest BCUT2D eigenvalue weighted by molar-refractivity contribution is 6.30. The third kappa shape index (κ3) is 2.45. The summed E-state index contributed by atoms with van der Waals surface area (Å²) >= 11 is 6.28. The summed E-state index contributed by atoms with van der Waals surface area (Å²) in [6.45, 7) is 0. The van der Waals surface area contributed by atoms with Crippen LogP contribution in [-0.2, 0) is 5.41 Å². The zero-order valence-electron chi connectivity index (χ0n) is 19.2. The predicted octanol–water partition coefficient (Wildman–Crippen LogP) is 9.01. The van der Waals surface area contributed by atoms with Crippen LogP contribution in [0.2, 0.25) is 5.02 Å². The number of fused-ring (bicyclic) bond motifs is 3. The van der Waals surface area contributed by atoms with Crippen LogP contribution in [0.15, 0.2) is 91.0 Å². The van der Waals surface area contributed by atoms with E-state index in [-0.39, 0.29) is 5.41 Å². The Bertz CT molecular complexity index is 1460. The van der Waals surface area contributed by atoms with Gasteiger partial charge in [-0.2, -0.15) is 0 Å². The zero-order valence-corrected chi connectivity index (χ0v) is 19.9. The molecule has 4 fully saturated rings. The molecule has 1 spiro atoms. The maximum atomic E-state index is 6.28. The fourth-order valence-electron chi connectivity index (χ4n) is 8.71. The van der Waals surface area contributed by atoms with Gasteiger partial charge in [0.15, 0.2) is 0 Å². The lowest BCUT2D eigenvalue weighted by Gasteiger charge is -2.43. The molecule has 4 aromatic carbocycles. The van der Waals surface area contributed by atoms with Crippen molar-refractivity contribution in [1.82, 2.24) is 0 Å². The smallest absolute Gasteiger partial charge is 0.0412 e. The van der Waals surface area contributed by atoms with Crippen molar-refractivity contribution in [2.75, 3.05) is 0 Å². The van der Waals surface area contributed by atoms with Crippen LogP contribution in [0.4, 0.5) is 0 Å². The zero-order chi connectivity index (χ0) is 22.4. The third-order valence-electron chi connectivity index (χ3n) is 9.71. The lowest BCUT2D eigenvalue weighted by molar-refractivity contribution is 0.191. The van der Waals surface area contributed by atoms with Gasteiger partial charge in [-0.1, -0.05) is 78.3 Å². The molecule has 0 nitrogen and oxygen atoms in total. The summed E-state index contributed by atoms with van der Waals surface area (Å²) < 4.78 is 0. The number of halogens is 1. The monoisotopic (exact) mass is 458 g/mol. The van der Waals surface area contributed by atoms with E-state index in [9.17, 15) is 0 Å². The van der Waals surface area contributed by atoms with Crippen LogP contribution in [0, 0.1) is 23.7 Å². The molecule has 166 valence electrons. The second-order valence-corrected chi connectivity index (χ2v) is 11.6. The van der Waals surface area contributed by atoms with E-state index in [0.29, 0.717) is 0 Å². The minimum Gasteiger partial charge on any atom is -0.0843 e. The van der Waals surface area contributed by atoms with E-state index in [0.717, 1.165) is 34.3 Å². The summed E-state index contributed by atoms with van der Waals surface area (Å²) in [5, 5.41) is 0.780. The van der Waals surface area contributed by atoms with Gasteiger partial charge < -0.3 is 0 Å². The molecule has 4 aromatic rings. The molecule has 0 aromatic heterocycles. The van der Waals surface area contributed by atoms with Gasteiger partial charge in [0.05, 0.1) is 0 Å². The maximum Gasteiger partial charge on any atom is 0.0412 e. The van der Waals surface area contributed by atoms with Crippen LogP contribution >= 0.6 is 11.6 Å². The van der Waals surface area contributed by atoms with E-state index < -0.39 is 0 Å². The topological polar surface area (TPSA) is 0 Å². The van der Waals surface area contributed by atoms with Crippen molar-refractivity contribution in [1.29, 1.82) is 0 Å². The molecule has 1 heteroatoms. The molecule has 5 aliphatic carbocycles. The van der Waals surface area contributed by atoms with Crippen LogP contribution in [0.1, 0.15) is 36.8 Å². The first-order valence-corrected chi connectivity index (χ1v) is 13.2. The quantitative estimate of drug-likeness (QED) is 0.281. The second kappa shape index (κ2) is 6.86. The van der Waals surface area contributed by atoms with Gasteiger partial charge in [0, 0.05) is 10.4 Å². The second-order valence-electron chi connectivity index (χ2n) is 11.1. The van der Waals surface area contributed by atoms with Gasteiger partial charge in [-0.3, -0.25) is 0 Å². The molecule has 34 heavy (non-hydrogen) atoms. The molecule has 4 bridgehead atoms. The van der Waals surface area contributed by atoms with Gasteiger partial charge in [0.2, 0.25) is 0 Å². The van der Waals surface area contributed by atoms with Gasteiger partial charge in [0.1, 0.15) is 0 Å². The van der Waals surface area contributed by atoms with Crippen LogP contribution in [-0.4, -0.2) is 0 Å². The fourth-order valence-corrected chi connectivity index (χ4v) is 8.90. The molecule has 0 amide bonds. The van der Waals surface area contributed by atoms with E-state index in [2.05, 4.69) is 72.8 Å². The van der Waals surface area contributed by atoms with Crippen molar-refractivity contribution in [2.24, 2.45) is 23.7 Å². The Hall–Kier alpha value is -2.83. The Balaban J connectivity index is 1.29. The van der Waals surface area contributed by atoms with E-state index in [1.807, 2.05) is 18.2 Å². The van der Waals surface area contributed by atoms with Crippen molar-refractivity contribution < 1.29 is 0 Å². The molecular weight excluding hydrogens is 432 g/mol. The fraction of sp³-hybridized carbons (Fsp3) is 0.273. The van der Waals surface area contributed by atoms with Crippen LogP contribution in [0.5, 0.6) is 0 Å². The van der Waals surface area contributed by atoms with Crippen molar-refractivity contribution in [3.8, 4) is 33.4 Å². The molecule has 5 atom stereocenters. The van der Waals surface area contributed by atoms with Gasteiger partial charge in [-0.05, 0) is 118 Å². The van der Waals surface area contributed by atoms with Gasteiger partial charge >= 0.3 is 0 Å². The average Bonchev–Trinajstić information content (AvgIpc) is 3.42. The van der Waals surface area contributed by atoms with Gasteiger partial charge in [0.25, 0.3) is 0 Å². The molecule has 0 aliphatic heterocycles. The van der Waals surface area contributed by atoms with E-state index in [4.69, 9.17) is 11.6 Å². The molecule has 4 saturated carbocycles. The summed E-state index contributed by atoms with van der Waals surface area (Å²) in [5.74, 6) is 3.60. The van der Waals surface area contributed by atoms with Crippen LogP contribution < -0.4 is 0 Å². The lowest BCUT2D eigenvalue weighted by Crippen LogP contribution is -2.40. The minimum absolute atomic E-state index is 0.269. The number of benzene rings is 4. The molecule has 5 unspecified atom stereocenters. The van der Waals surface area contributed by atoms with Gasteiger partial charge in [-0.15, -0.1) is 0 Å². The maximum absolute atomic E-state index is 6.28. The molecule has 0 radical (unpaired) electrons. The van der Waals surface area contributed by atoms with Crippen LogP contribution in [0.3, 0.4) is 0 Å². The molecular formula is C33H27Cl. The SMILES string of the molecule is Clc1cccc(-c2cccc(-c3ccc4c(c3)-c3ccccc3C43C4CC5CC(C4)C3C5)c2)c1. The predicted molar refractivity (Wildman–Crippen MR) is 141 cm³/mol. The molecule has 0 saturated heterocycles. The highest BCUT2D eigenvalue weighted by atomic mass is 35.5. The van der Waals surface area contributed by atoms with Crippen molar-refractivity contribution in [2.45, 2.75) is 31.1 Å². The summed E-state index contributed by atoms with van der Waals surface area (Å²) in [6, 6.07) is 33.8. The van der Waals surface area contributed by atoms with E-state index in [1.165, 1.54) is 53.5 Å². The Morgan fingerprint density at radius 1 is 0.588 bits per heavy atom. The lowest BCUT2D eigenvalue weighted by atomic mass is 9.59. The normalized spacial score (nSPS) is 29.6. The highest BCUT2D eigenvalue weighted by Crippen LogP contribution is 2.72. The van der Waals surface area contributed by atoms with Crippen molar-refractivity contribution in [3.05, 3.63) is 107 Å². The Kier molecular flexibility index (Phi) is 3.93. The molecule has 5 aliphatic rings. The summed E-state index contributed by atoms with van der Waals surface area (Å²) in [6.07, 6.45) is 5.80. The molecule has 0 heterocycles. The van der Waals surface area contributed by atoms with Gasteiger partial charge in [-0.25, -0.2) is 0 Å². The van der Waals surface area contributed by atoms with Crippen molar-refractivity contribution >= 4 is 11.6 Å². The molecule has 0 N–H and O–H groups in total. The number of rotatable bonds is 2. The standard InChI is InChI=1S/C33H27Cl/c34-27-8-4-7-23(18-27)21-5-3-6-22(16-21)24-11-12-31-29(19-24)28-9-1-2-10-30(28)33(31)26-14-20-13-25(17-26)32(33)15-20/h1-12,16,18-20,25-26,32H,13-15,17H2. The minimum atomic E-state index is 0.269. The summed E-state index contributed by atoms with van der Waals surface area (Å²) in [4.78, 5) is 0. The van der Waals surface area contributed by atoms with Crippen LogP contribution in [0.25, 0.3) is 33.4 Å². The average molecular weight is 459 g/mol. The molecule has 9 rings (SSSR count). The van der Waals surface area contributed by atoms with E-state index in [1.54, 1.807) is 11.1 Å². The Morgan fingerprint density at radius 2 is 1.32 bits per heavy atom. The first-order valence-electron chi connectivity index (χ1n) is 12.8. The summed E-state index contributed by atoms with van der Waals surface area (Å²) in [5.41, 5.74) is 11.5.